The van der Waals surface area contributed by atoms with Gasteiger partial charge in [-0.1, -0.05) is 159 Å². The number of nitrogens with one attached hydrogen (secondary N) is 1. The van der Waals surface area contributed by atoms with E-state index in [1.807, 2.05) is 30.3 Å². The molecule has 3 heteroatoms. The predicted octanol–water partition coefficient (Wildman–Crippen LogP) is 12.8. The van der Waals surface area contributed by atoms with Gasteiger partial charge in [-0.15, -0.1) is 0 Å². The van der Waals surface area contributed by atoms with Crippen molar-refractivity contribution in [2.45, 2.75) is 20.0 Å². The molecule has 1 heterocycles. The summed E-state index contributed by atoms with van der Waals surface area (Å²) in [6.45, 7) is 12.9. The highest BCUT2D eigenvalue weighted by molar-refractivity contribution is 6.09. The van der Waals surface area contributed by atoms with E-state index in [4.69, 9.17) is 4.99 Å². The first kappa shape index (κ1) is 33.4. The normalized spacial score (nSPS) is 12.2. The summed E-state index contributed by atoms with van der Waals surface area (Å²) >= 11 is 0. The Balaban J connectivity index is 1.12. The van der Waals surface area contributed by atoms with Crippen LogP contribution in [-0.2, 0) is 0 Å². The minimum Gasteiger partial charge on any atom is -0.360 e. The molecule has 8 rings (SSSR count). The van der Waals surface area contributed by atoms with Gasteiger partial charge in [0.25, 0.3) is 0 Å². The van der Waals surface area contributed by atoms with Gasteiger partial charge in [-0.25, -0.2) is 0 Å². The van der Waals surface area contributed by atoms with Crippen molar-refractivity contribution in [1.29, 1.82) is 0 Å². The van der Waals surface area contributed by atoms with Crippen LogP contribution in [0.25, 0.3) is 61.5 Å². The number of para-hydroxylation sites is 2. The van der Waals surface area contributed by atoms with Gasteiger partial charge in [0.1, 0.15) is 6.17 Å². The van der Waals surface area contributed by atoms with Gasteiger partial charge in [-0.05, 0) is 94.3 Å². The second-order valence-corrected chi connectivity index (χ2v) is 13.5. The third-order valence-corrected chi connectivity index (χ3v) is 10.1. The van der Waals surface area contributed by atoms with Gasteiger partial charge in [-0.3, -0.25) is 4.99 Å². The van der Waals surface area contributed by atoms with Crippen molar-refractivity contribution in [3.05, 3.63) is 211 Å². The number of aromatic nitrogens is 1. The average molecular weight is 684 g/mol. The lowest BCUT2D eigenvalue weighted by atomic mass is 9.93. The quantitative estimate of drug-likeness (QED) is 0.143. The Hall–Kier alpha value is -6.71. The SMILES string of the molecule is C=Cc1cc(-n2c3ccccc3c3ccccc32)ccc1-c1ccc(/C(C)=N/C(NC(=C)c2ccccc2)c2ccc(-c3ccccc3)cc2)cc1C. The zero-order valence-electron chi connectivity index (χ0n) is 30.1. The Morgan fingerprint density at radius 2 is 1.21 bits per heavy atom. The largest absolute Gasteiger partial charge is 0.360 e. The summed E-state index contributed by atoms with van der Waals surface area (Å²) in [5.41, 5.74) is 15.4. The molecule has 0 fully saturated rings. The van der Waals surface area contributed by atoms with E-state index in [1.165, 1.54) is 44.1 Å². The minimum atomic E-state index is -0.326. The third kappa shape index (κ3) is 6.61. The van der Waals surface area contributed by atoms with Crippen molar-refractivity contribution in [2.75, 3.05) is 0 Å². The number of aliphatic imine (C=N–C) groups is 1. The Kier molecular flexibility index (Phi) is 9.14. The molecule has 0 amide bonds. The summed E-state index contributed by atoms with van der Waals surface area (Å²) in [6, 6.07) is 59.9. The molecule has 1 aromatic heterocycles. The number of hydrogen-bond acceptors (Lipinski definition) is 2. The fourth-order valence-electron chi connectivity index (χ4n) is 7.33. The first-order chi connectivity index (χ1) is 26.0. The van der Waals surface area contributed by atoms with Crippen LogP contribution in [0.1, 0.15) is 40.9 Å². The molecule has 7 aromatic carbocycles. The van der Waals surface area contributed by atoms with Crippen LogP contribution < -0.4 is 5.32 Å². The number of hydrogen-bond donors (Lipinski definition) is 1. The first-order valence-corrected chi connectivity index (χ1v) is 18.1. The number of fused-ring (bicyclic) bond motifs is 3. The topological polar surface area (TPSA) is 29.3 Å². The Morgan fingerprint density at radius 1 is 0.623 bits per heavy atom. The molecule has 0 aliphatic carbocycles. The van der Waals surface area contributed by atoms with E-state index < -0.39 is 0 Å². The summed E-state index contributed by atoms with van der Waals surface area (Å²) in [5, 5.41) is 6.12. The highest BCUT2D eigenvalue weighted by atomic mass is 15.1. The van der Waals surface area contributed by atoms with Crippen LogP contribution in [0.5, 0.6) is 0 Å². The molecule has 53 heavy (non-hydrogen) atoms. The predicted molar refractivity (Wildman–Crippen MR) is 226 cm³/mol. The summed E-state index contributed by atoms with van der Waals surface area (Å²) in [7, 11) is 0. The zero-order chi connectivity index (χ0) is 36.3. The van der Waals surface area contributed by atoms with Crippen LogP contribution in [0.2, 0.25) is 0 Å². The standard InChI is InChI=1S/C50H41N3/c1-5-37-33-43(53-48-22-14-12-20-46(48)47-21-13-15-23-49(47)53)29-31-45(37)44-30-28-42(32-34(44)2)36(4)52-50(51-35(3)38-16-8-6-9-17-38)41-26-24-40(25-27-41)39-18-10-7-11-19-39/h5-33,50-51H,1,3H2,2,4H3/b52-36+. The van der Waals surface area contributed by atoms with E-state index in [-0.39, 0.29) is 6.17 Å². The van der Waals surface area contributed by atoms with Crippen molar-refractivity contribution >= 4 is 39.3 Å². The highest BCUT2D eigenvalue weighted by Crippen LogP contribution is 2.35. The highest BCUT2D eigenvalue weighted by Gasteiger charge is 2.16. The van der Waals surface area contributed by atoms with Gasteiger partial charge in [-0.2, -0.15) is 0 Å². The average Bonchev–Trinajstić information content (AvgIpc) is 3.55. The van der Waals surface area contributed by atoms with Crippen molar-refractivity contribution in [1.82, 2.24) is 9.88 Å². The number of aryl methyl sites for hydroxylation is 1. The molecule has 0 bridgehead atoms. The van der Waals surface area contributed by atoms with Gasteiger partial charge in [0.2, 0.25) is 0 Å². The Labute approximate surface area is 311 Å². The van der Waals surface area contributed by atoms with E-state index >= 15 is 0 Å². The third-order valence-electron chi connectivity index (χ3n) is 10.1. The second-order valence-electron chi connectivity index (χ2n) is 13.5. The molecule has 1 N–H and O–H groups in total. The molecule has 0 aliphatic rings. The molecule has 0 saturated heterocycles. The molecule has 3 nitrogen and oxygen atoms in total. The van der Waals surface area contributed by atoms with Gasteiger partial charge in [0.15, 0.2) is 0 Å². The summed E-state index contributed by atoms with van der Waals surface area (Å²) < 4.78 is 2.35. The maximum Gasteiger partial charge on any atom is 0.145 e. The molecule has 1 atom stereocenters. The van der Waals surface area contributed by atoms with E-state index in [0.717, 1.165) is 44.9 Å². The molecular formula is C50H41N3. The maximum atomic E-state index is 5.28. The number of benzene rings is 7. The van der Waals surface area contributed by atoms with Crippen molar-refractivity contribution in [2.24, 2.45) is 4.99 Å². The van der Waals surface area contributed by atoms with E-state index in [0.29, 0.717) is 0 Å². The molecular weight excluding hydrogens is 643 g/mol. The lowest BCUT2D eigenvalue weighted by Crippen LogP contribution is -2.19. The monoisotopic (exact) mass is 683 g/mol. The van der Waals surface area contributed by atoms with E-state index in [1.54, 1.807) is 0 Å². The van der Waals surface area contributed by atoms with Gasteiger partial charge in [0.05, 0.1) is 11.0 Å². The van der Waals surface area contributed by atoms with Crippen LogP contribution in [-0.4, -0.2) is 10.3 Å². The summed E-state index contributed by atoms with van der Waals surface area (Å²) in [5.74, 6) is 0. The lowest BCUT2D eigenvalue weighted by molar-refractivity contribution is 0.670. The zero-order valence-corrected chi connectivity index (χ0v) is 30.1. The van der Waals surface area contributed by atoms with Crippen molar-refractivity contribution < 1.29 is 0 Å². The fourth-order valence-corrected chi connectivity index (χ4v) is 7.33. The molecule has 0 radical (unpaired) electrons. The van der Waals surface area contributed by atoms with E-state index in [2.05, 4.69) is 182 Å². The Morgan fingerprint density at radius 3 is 1.85 bits per heavy atom. The van der Waals surface area contributed by atoms with E-state index in [9.17, 15) is 0 Å². The summed E-state index contributed by atoms with van der Waals surface area (Å²) in [6.07, 6.45) is 1.64. The van der Waals surface area contributed by atoms with Crippen molar-refractivity contribution in [3.8, 4) is 27.9 Å². The van der Waals surface area contributed by atoms with Gasteiger partial charge in [0, 0.05) is 27.9 Å². The fraction of sp³-hybridized carbons (Fsp3) is 0.0600. The molecule has 0 spiro atoms. The minimum absolute atomic E-state index is 0.326. The molecule has 8 aromatic rings. The molecule has 0 saturated carbocycles. The van der Waals surface area contributed by atoms with Gasteiger partial charge < -0.3 is 9.88 Å². The molecule has 256 valence electrons. The second kappa shape index (κ2) is 14.5. The lowest BCUT2D eigenvalue weighted by Gasteiger charge is -2.20. The van der Waals surface area contributed by atoms with Crippen LogP contribution in [0.3, 0.4) is 0 Å². The van der Waals surface area contributed by atoms with Gasteiger partial charge >= 0.3 is 0 Å². The first-order valence-electron chi connectivity index (χ1n) is 18.1. The van der Waals surface area contributed by atoms with Crippen LogP contribution in [0.15, 0.2) is 188 Å². The Bertz CT molecular complexity index is 2570. The molecule has 1 unspecified atom stereocenters. The number of nitrogens with zero attached hydrogens (tertiary/aromatic N) is 2. The smallest absolute Gasteiger partial charge is 0.145 e. The number of rotatable bonds is 10. The van der Waals surface area contributed by atoms with Crippen LogP contribution in [0, 0.1) is 6.92 Å². The van der Waals surface area contributed by atoms with Crippen LogP contribution in [0.4, 0.5) is 0 Å². The maximum absolute atomic E-state index is 5.28. The molecule has 0 aliphatic heterocycles. The van der Waals surface area contributed by atoms with Crippen molar-refractivity contribution in [3.63, 3.8) is 0 Å². The summed E-state index contributed by atoms with van der Waals surface area (Å²) in [4.78, 5) is 5.28. The van der Waals surface area contributed by atoms with Crippen LogP contribution >= 0.6 is 0 Å².